The molecule has 0 bridgehead atoms. The number of nitrogens with zero attached hydrogens (tertiary/aromatic N) is 1. The van der Waals surface area contributed by atoms with Gasteiger partial charge in [0.1, 0.15) is 11.5 Å². The number of amides is 3. The molecule has 198 valence electrons. The monoisotopic (exact) mass is 522 g/mol. The van der Waals surface area contributed by atoms with Crippen LogP contribution in [0.2, 0.25) is 0 Å². The van der Waals surface area contributed by atoms with Crippen molar-refractivity contribution in [1.29, 1.82) is 0 Å². The first-order chi connectivity index (χ1) is 18.3. The molecular formula is C26H26N4O8. The van der Waals surface area contributed by atoms with Crippen molar-refractivity contribution in [1.82, 2.24) is 10.7 Å². The van der Waals surface area contributed by atoms with E-state index in [0.717, 1.165) is 0 Å². The first-order valence-electron chi connectivity index (χ1n) is 11.3. The fourth-order valence-corrected chi connectivity index (χ4v) is 3.10. The Morgan fingerprint density at radius 1 is 0.895 bits per heavy atom. The van der Waals surface area contributed by atoms with Crippen LogP contribution in [0, 0.1) is 0 Å². The van der Waals surface area contributed by atoms with E-state index in [1.807, 2.05) is 0 Å². The summed E-state index contributed by atoms with van der Waals surface area (Å²) in [6.45, 7) is 1.89. The van der Waals surface area contributed by atoms with Crippen LogP contribution in [-0.2, 0) is 20.9 Å². The summed E-state index contributed by atoms with van der Waals surface area (Å²) < 4.78 is 20.7. The number of ether oxygens (including phenoxy) is 3. The summed E-state index contributed by atoms with van der Waals surface area (Å²) >= 11 is 0. The van der Waals surface area contributed by atoms with Crippen molar-refractivity contribution in [3.05, 3.63) is 77.2 Å². The van der Waals surface area contributed by atoms with Crippen molar-refractivity contribution in [2.24, 2.45) is 5.10 Å². The topological polar surface area (TPSA) is 158 Å². The highest BCUT2D eigenvalue weighted by Gasteiger charge is 2.15. The number of furan rings is 1. The van der Waals surface area contributed by atoms with Crippen molar-refractivity contribution in [3.8, 4) is 11.5 Å². The van der Waals surface area contributed by atoms with Crippen LogP contribution in [0.15, 0.2) is 64.1 Å². The van der Waals surface area contributed by atoms with E-state index in [1.54, 1.807) is 31.2 Å². The van der Waals surface area contributed by atoms with Crippen LogP contribution in [0.25, 0.3) is 0 Å². The molecule has 0 radical (unpaired) electrons. The molecule has 0 aliphatic carbocycles. The average molecular weight is 523 g/mol. The van der Waals surface area contributed by atoms with Gasteiger partial charge in [0.15, 0.2) is 11.5 Å². The molecule has 2 aromatic carbocycles. The smallest absolute Gasteiger partial charge is 0.338 e. The van der Waals surface area contributed by atoms with Crippen molar-refractivity contribution >= 4 is 35.6 Å². The zero-order chi connectivity index (χ0) is 27.5. The standard InChI is InChI=1S/C26H26N4O8/c1-4-37-26(34)16-5-8-18(9-6-16)29-25(33)24(32)27-14-19-10-11-20(38-19)15-28-30-23(31)17-7-12-21(35-2)22(13-17)36-3/h5-13,15H,4,14H2,1-3H3,(H,27,32)(H,29,33)(H,30,31)/b28-15-. The summed E-state index contributed by atoms with van der Waals surface area (Å²) in [4.78, 5) is 48.2. The fraction of sp³-hybridized carbons (Fsp3) is 0.192. The second kappa shape index (κ2) is 13.3. The van der Waals surface area contributed by atoms with Crippen LogP contribution < -0.4 is 25.5 Å². The summed E-state index contributed by atoms with van der Waals surface area (Å²) in [7, 11) is 2.96. The van der Waals surface area contributed by atoms with Crippen molar-refractivity contribution in [3.63, 3.8) is 0 Å². The number of benzene rings is 2. The number of anilines is 1. The van der Waals surface area contributed by atoms with Gasteiger partial charge in [0.05, 0.1) is 39.1 Å². The number of carbonyl (C=O) groups excluding carboxylic acids is 4. The summed E-state index contributed by atoms with van der Waals surface area (Å²) in [6, 6.07) is 13.8. The van der Waals surface area contributed by atoms with Gasteiger partial charge in [0, 0.05) is 11.3 Å². The third kappa shape index (κ3) is 7.43. The van der Waals surface area contributed by atoms with E-state index >= 15 is 0 Å². The number of methoxy groups -OCH3 is 2. The highest BCUT2D eigenvalue weighted by molar-refractivity contribution is 6.39. The van der Waals surface area contributed by atoms with Crippen molar-refractivity contribution in [2.75, 3.05) is 26.1 Å². The molecule has 3 amide bonds. The highest BCUT2D eigenvalue weighted by atomic mass is 16.5. The van der Waals surface area contributed by atoms with Crippen LogP contribution in [0.3, 0.4) is 0 Å². The van der Waals surface area contributed by atoms with Gasteiger partial charge in [0.2, 0.25) is 0 Å². The maximum atomic E-state index is 12.3. The van der Waals surface area contributed by atoms with E-state index in [2.05, 4.69) is 21.2 Å². The Bertz CT molecular complexity index is 1330. The molecule has 12 nitrogen and oxygen atoms in total. The lowest BCUT2D eigenvalue weighted by atomic mass is 10.2. The fourth-order valence-electron chi connectivity index (χ4n) is 3.10. The van der Waals surface area contributed by atoms with Crippen molar-refractivity contribution in [2.45, 2.75) is 13.5 Å². The van der Waals surface area contributed by atoms with Gasteiger partial charge < -0.3 is 29.3 Å². The Hall–Kier alpha value is -5.13. The molecule has 0 aliphatic rings. The zero-order valence-electron chi connectivity index (χ0n) is 20.9. The van der Waals surface area contributed by atoms with E-state index < -0.39 is 23.7 Å². The number of hydrazone groups is 1. The van der Waals surface area contributed by atoms with Crippen LogP contribution in [0.5, 0.6) is 11.5 Å². The van der Waals surface area contributed by atoms with Gasteiger partial charge in [-0.2, -0.15) is 5.10 Å². The molecule has 0 fully saturated rings. The van der Waals surface area contributed by atoms with Gasteiger partial charge in [-0.3, -0.25) is 14.4 Å². The molecule has 0 aliphatic heterocycles. The molecule has 12 heteroatoms. The predicted octanol–water partition coefficient (Wildman–Crippen LogP) is 2.49. The summed E-state index contributed by atoms with van der Waals surface area (Å²) in [5, 5.41) is 8.73. The molecule has 0 atom stereocenters. The Kier molecular flexibility index (Phi) is 9.58. The lowest BCUT2D eigenvalue weighted by Gasteiger charge is -2.08. The lowest BCUT2D eigenvalue weighted by Crippen LogP contribution is -2.34. The van der Waals surface area contributed by atoms with Crippen LogP contribution in [0.1, 0.15) is 39.2 Å². The minimum Gasteiger partial charge on any atom is -0.493 e. The number of hydrogen-bond donors (Lipinski definition) is 3. The first kappa shape index (κ1) is 27.5. The molecule has 0 saturated heterocycles. The van der Waals surface area contributed by atoms with E-state index in [4.69, 9.17) is 18.6 Å². The van der Waals surface area contributed by atoms with E-state index in [9.17, 15) is 19.2 Å². The Balaban J connectivity index is 1.46. The van der Waals surface area contributed by atoms with E-state index in [-0.39, 0.29) is 13.2 Å². The van der Waals surface area contributed by atoms with Gasteiger partial charge in [-0.1, -0.05) is 0 Å². The summed E-state index contributed by atoms with van der Waals surface area (Å²) in [6.07, 6.45) is 1.29. The van der Waals surface area contributed by atoms with Crippen molar-refractivity contribution < 1.29 is 37.8 Å². The minimum absolute atomic E-state index is 0.0557. The highest BCUT2D eigenvalue weighted by Crippen LogP contribution is 2.27. The van der Waals surface area contributed by atoms with Crippen LogP contribution >= 0.6 is 0 Å². The van der Waals surface area contributed by atoms with Gasteiger partial charge in [-0.05, 0) is 61.5 Å². The maximum Gasteiger partial charge on any atom is 0.338 e. The summed E-state index contributed by atoms with van der Waals surface area (Å²) in [5.74, 6) is -1.15. The SMILES string of the molecule is CCOC(=O)c1ccc(NC(=O)C(=O)NCc2ccc(/C=N\NC(=O)c3ccc(OC)c(OC)c3)o2)cc1. The van der Waals surface area contributed by atoms with Gasteiger partial charge in [0.25, 0.3) is 5.91 Å². The quantitative estimate of drug-likeness (QED) is 0.159. The lowest BCUT2D eigenvalue weighted by molar-refractivity contribution is -0.136. The number of hydrogen-bond acceptors (Lipinski definition) is 9. The molecule has 3 N–H and O–H groups in total. The maximum absolute atomic E-state index is 12.3. The molecule has 0 unspecified atom stereocenters. The average Bonchev–Trinajstić information content (AvgIpc) is 3.39. The van der Waals surface area contributed by atoms with E-state index in [1.165, 1.54) is 50.8 Å². The Morgan fingerprint density at radius 2 is 1.61 bits per heavy atom. The number of esters is 1. The second-order valence-corrected chi connectivity index (χ2v) is 7.51. The largest absolute Gasteiger partial charge is 0.493 e. The normalized spacial score (nSPS) is 10.5. The molecule has 0 saturated carbocycles. The number of rotatable bonds is 10. The molecule has 0 spiro atoms. The molecule has 1 heterocycles. The zero-order valence-corrected chi connectivity index (χ0v) is 20.9. The first-order valence-corrected chi connectivity index (χ1v) is 11.3. The third-order valence-electron chi connectivity index (χ3n) is 4.97. The molecule has 3 rings (SSSR count). The predicted molar refractivity (Wildman–Crippen MR) is 136 cm³/mol. The second-order valence-electron chi connectivity index (χ2n) is 7.51. The van der Waals surface area contributed by atoms with Gasteiger partial charge in [-0.25, -0.2) is 10.2 Å². The van der Waals surface area contributed by atoms with Gasteiger partial charge >= 0.3 is 17.8 Å². The molecule has 1 aromatic heterocycles. The third-order valence-corrected chi connectivity index (χ3v) is 4.97. The Labute approximate surface area is 217 Å². The summed E-state index contributed by atoms with van der Waals surface area (Å²) in [5.41, 5.74) is 3.35. The van der Waals surface area contributed by atoms with Crippen LogP contribution in [-0.4, -0.2) is 50.7 Å². The molecule has 3 aromatic rings. The minimum atomic E-state index is -0.889. The van der Waals surface area contributed by atoms with E-state index in [0.29, 0.717) is 39.8 Å². The number of nitrogens with one attached hydrogen (secondary N) is 3. The number of carbonyl (C=O) groups is 4. The van der Waals surface area contributed by atoms with Gasteiger partial charge in [-0.15, -0.1) is 0 Å². The van der Waals surface area contributed by atoms with Crippen LogP contribution in [0.4, 0.5) is 5.69 Å². The Morgan fingerprint density at radius 3 is 2.29 bits per heavy atom. The molecular weight excluding hydrogens is 496 g/mol. The molecule has 38 heavy (non-hydrogen) atoms.